The fraction of sp³-hybridized carbons (Fsp3) is 0.250. The van der Waals surface area contributed by atoms with Crippen LogP contribution in [-0.4, -0.2) is 41.8 Å². The smallest absolute Gasteiger partial charge is 0.251 e. The van der Waals surface area contributed by atoms with Crippen LogP contribution in [-0.2, 0) is 11.3 Å². The summed E-state index contributed by atoms with van der Waals surface area (Å²) >= 11 is 1.64. The van der Waals surface area contributed by atoms with Crippen molar-refractivity contribution in [3.8, 4) is 0 Å². The molecular formula is C20H22N4O2S. The van der Waals surface area contributed by atoms with Crippen molar-refractivity contribution in [3.63, 3.8) is 0 Å². The normalized spacial score (nSPS) is 10.9. The molecule has 1 heterocycles. The molecule has 0 aliphatic rings. The maximum atomic E-state index is 12.3. The fourth-order valence-corrected chi connectivity index (χ4v) is 3.77. The molecule has 0 unspecified atom stereocenters. The first kappa shape index (κ1) is 19.0. The molecule has 0 saturated heterocycles. The second kappa shape index (κ2) is 8.75. The first-order valence-corrected chi connectivity index (χ1v) is 9.58. The van der Waals surface area contributed by atoms with E-state index in [1.165, 1.54) is 0 Å². The number of carbonyl (C=O) groups excluding carboxylic acids is 2. The summed E-state index contributed by atoms with van der Waals surface area (Å²) < 4.78 is 1.15. The monoisotopic (exact) mass is 382 g/mol. The van der Waals surface area contributed by atoms with Crippen LogP contribution >= 0.6 is 11.3 Å². The molecule has 2 N–H and O–H groups in total. The lowest BCUT2D eigenvalue weighted by molar-refractivity contribution is -0.117. The van der Waals surface area contributed by atoms with Crippen molar-refractivity contribution >= 4 is 39.1 Å². The van der Waals surface area contributed by atoms with Gasteiger partial charge in [0.05, 0.1) is 23.3 Å². The van der Waals surface area contributed by atoms with E-state index in [0.29, 0.717) is 24.3 Å². The van der Waals surface area contributed by atoms with E-state index in [0.717, 1.165) is 15.2 Å². The number of rotatable bonds is 7. The second-order valence-corrected chi connectivity index (χ2v) is 7.35. The molecule has 140 valence electrons. The number of nitrogens with zero attached hydrogens (tertiary/aromatic N) is 2. The standard InChI is InChI=1S/C20H22N4O2S/c1-3-21-20(26)14-7-6-8-15(11-14)22-18(25)12-24(2)13-19-23-16-9-4-5-10-17(16)27-19/h4-11H,3,12-13H2,1-2H3,(H,21,26)(H,22,25). The molecule has 0 atom stereocenters. The van der Waals surface area contributed by atoms with Crippen molar-refractivity contribution in [2.24, 2.45) is 0 Å². The predicted molar refractivity (Wildman–Crippen MR) is 109 cm³/mol. The van der Waals surface area contributed by atoms with Crippen LogP contribution in [0.3, 0.4) is 0 Å². The minimum atomic E-state index is -0.151. The van der Waals surface area contributed by atoms with Crippen molar-refractivity contribution in [1.82, 2.24) is 15.2 Å². The molecular weight excluding hydrogens is 360 g/mol. The van der Waals surface area contributed by atoms with Gasteiger partial charge in [-0.15, -0.1) is 11.3 Å². The van der Waals surface area contributed by atoms with Gasteiger partial charge in [0.2, 0.25) is 5.91 Å². The highest BCUT2D eigenvalue weighted by Crippen LogP contribution is 2.22. The Labute approximate surface area is 162 Å². The number of hydrogen-bond acceptors (Lipinski definition) is 5. The van der Waals surface area contributed by atoms with Crippen LogP contribution in [0, 0.1) is 0 Å². The molecule has 0 bridgehead atoms. The van der Waals surface area contributed by atoms with Gasteiger partial charge in [-0.25, -0.2) is 4.98 Å². The summed E-state index contributed by atoms with van der Waals surface area (Å²) in [5.41, 5.74) is 2.12. The van der Waals surface area contributed by atoms with Gasteiger partial charge in [0.1, 0.15) is 5.01 Å². The van der Waals surface area contributed by atoms with E-state index < -0.39 is 0 Å². The van der Waals surface area contributed by atoms with Crippen LogP contribution < -0.4 is 10.6 Å². The molecule has 3 rings (SSSR count). The van der Waals surface area contributed by atoms with Crippen molar-refractivity contribution < 1.29 is 9.59 Å². The topological polar surface area (TPSA) is 74.3 Å². The largest absolute Gasteiger partial charge is 0.352 e. The Balaban J connectivity index is 1.57. The number of amides is 2. The molecule has 27 heavy (non-hydrogen) atoms. The number of anilines is 1. The number of fused-ring (bicyclic) bond motifs is 1. The Morgan fingerprint density at radius 3 is 2.74 bits per heavy atom. The molecule has 1 aromatic heterocycles. The molecule has 0 radical (unpaired) electrons. The zero-order chi connectivity index (χ0) is 19.2. The third kappa shape index (κ3) is 5.12. The number of thiazole rings is 1. The lowest BCUT2D eigenvalue weighted by atomic mass is 10.2. The minimum Gasteiger partial charge on any atom is -0.352 e. The Kier molecular flexibility index (Phi) is 6.16. The van der Waals surface area contributed by atoms with Crippen molar-refractivity contribution in [2.45, 2.75) is 13.5 Å². The summed E-state index contributed by atoms with van der Waals surface area (Å²) in [6.45, 7) is 3.27. The average Bonchev–Trinajstić information content (AvgIpc) is 3.03. The van der Waals surface area contributed by atoms with Gasteiger partial charge in [-0.05, 0) is 44.3 Å². The summed E-state index contributed by atoms with van der Waals surface area (Å²) in [6.07, 6.45) is 0. The molecule has 2 aromatic carbocycles. The van der Waals surface area contributed by atoms with E-state index in [1.807, 2.05) is 43.1 Å². The summed E-state index contributed by atoms with van der Waals surface area (Å²) in [5, 5.41) is 6.57. The van der Waals surface area contributed by atoms with Crippen molar-refractivity contribution in [1.29, 1.82) is 0 Å². The molecule has 0 fully saturated rings. The van der Waals surface area contributed by atoms with Crippen molar-refractivity contribution in [2.75, 3.05) is 25.5 Å². The summed E-state index contributed by atoms with van der Waals surface area (Å²) in [7, 11) is 1.89. The van der Waals surface area contributed by atoms with Gasteiger partial charge in [0.25, 0.3) is 5.91 Å². The van der Waals surface area contributed by atoms with E-state index in [-0.39, 0.29) is 18.4 Å². The average molecular weight is 382 g/mol. The van der Waals surface area contributed by atoms with Crippen LogP contribution in [0.2, 0.25) is 0 Å². The molecule has 7 heteroatoms. The van der Waals surface area contributed by atoms with Crippen LogP contribution in [0.25, 0.3) is 10.2 Å². The molecule has 3 aromatic rings. The second-order valence-electron chi connectivity index (χ2n) is 6.24. The van der Waals surface area contributed by atoms with Gasteiger partial charge < -0.3 is 10.6 Å². The molecule has 0 aliphatic heterocycles. The summed E-state index contributed by atoms with van der Waals surface area (Å²) in [4.78, 5) is 30.7. The third-order valence-corrected chi connectivity index (χ3v) is 4.92. The maximum absolute atomic E-state index is 12.3. The summed E-state index contributed by atoms with van der Waals surface area (Å²) in [5.74, 6) is -0.284. The Morgan fingerprint density at radius 2 is 1.96 bits per heavy atom. The quantitative estimate of drug-likeness (QED) is 0.658. The zero-order valence-electron chi connectivity index (χ0n) is 15.4. The SMILES string of the molecule is CCNC(=O)c1cccc(NC(=O)CN(C)Cc2nc3ccccc3s2)c1. The number of likely N-dealkylation sites (N-methyl/N-ethyl adjacent to an activating group) is 1. The van der Waals surface area contributed by atoms with Crippen LogP contribution in [0.1, 0.15) is 22.3 Å². The van der Waals surface area contributed by atoms with Crippen LogP contribution in [0.5, 0.6) is 0 Å². The molecule has 0 aliphatic carbocycles. The number of para-hydroxylation sites is 1. The molecule has 6 nitrogen and oxygen atoms in total. The lowest BCUT2D eigenvalue weighted by Gasteiger charge is -2.15. The Bertz CT molecular complexity index is 921. The highest BCUT2D eigenvalue weighted by atomic mass is 32.1. The summed E-state index contributed by atoms with van der Waals surface area (Å²) in [6, 6.07) is 14.9. The van der Waals surface area contributed by atoms with E-state index in [2.05, 4.69) is 15.6 Å². The molecule has 2 amide bonds. The van der Waals surface area contributed by atoms with Gasteiger partial charge in [-0.2, -0.15) is 0 Å². The maximum Gasteiger partial charge on any atom is 0.251 e. The van der Waals surface area contributed by atoms with E-state index >= 15 is 0 Å². The number of nitrogens with one attached hydrogen (secondary N) is 2. The van der Waals surface area contributed by atoms with E-state index in [9.17, 15) is 9.59 Å². The van der Waals surface area contributed by atoms with Crippen molar-refractivity contribution in [3.05, 3.63) is 59.1 Å². The van der Waals surface area contributed by atoms with E-state index in [4.69, 9.17) is 0 Å². The van der Waals surface area contributed by atoms with Crippen LogP contribution in [0.15, 0.2) is 48.5 Å². The van der Waals surface area contributed by atoms with E-state index in [1.54, 1.807) is 35.6 Å². The number of aromatic nitrogens is 1. The van der Waals surface area contributed by atoms with Crippen LogP contribution in [0.4, 0.5) is 5.69 Å². The lowest BCUT2D eigenvalue weighted by Crippen LogP contribution is -2.30. The molecule has 0 saturated carbocycles. The Hall–Kier alpha value is -2.77. The van der Waals surface area contributed by atoms with Gasteiger partial charge in [0.15, 0.2) is 0 Å². The highest BCUT2D eigenvalue weighted by Gasteiger charge is 2.11. The molecule has 0 spiro atoms. The van der Waals surface area contributed by atoms with Gasteiger partial charge in [-0.1, -0.05) is 18.2 Å². The first-order valence-electron chi connectivity index (χ1n) is 8.76. The zero-order valence-corrected chi connectivity index (χ0v) is 16.2. The van der Waals surface area contributed by atoms with Gasteiger partial charge in [-0.3, -0.25) is 14.5 Å². The fourth-order valence-electron chi connectivity index (χ4n) is 2.72. The number of benzene rings is 2. The van der Waals surface area contributed by atoms with Gasteiger partial charge >= 0.3 is 0 Å². The number of carbonyl (C=O) groups is 2. The minimum absolute atomic E-state index is 0.133. The highest BCUT2D eigenvalue weighted by molar-refractivity contribution is 7.18. The number of hydrogen-bond donors (Lipinski definition) is 2. The first-order chi connectivity index (χ1) is 13.0. The van der Waals surface area contributed by atoms with Gasteiger partial charge in [0, 0.05) is 17.8 Å². The third-order valence-electron chi connectivity index (χ3n) is 3.90. The Morgan fingerprint density at radius 1 is 1.15 bits per heavy atom. The predicted octanol–water partition coefficient (Wildman–Crippen LogP) is 3.12.